The monoisotopic (exact) mass is 438 g/mol. The van der Waals surface area contributed by atoms with Gasteiger partial charge >= 0.3 is 5.97 Å². The van der Waals surface area contributed by atoms with Gasteiger partial charge < -0.3 is 15.4 Å². The molecule has 0 aliphatic heterocycles. The van der Waals surface area contributed by atoms with Gasteiger partial charge in [-0.2, -0.15) is 0 Å². The van der Waals surface area contributed by atoms with Gasteiger partial charge in [0.1, 0.15) is 9.88 Å². The molecule has 0 fully saturated rings. The molecule has 1 heterocycles. The van der Waals surface area contributed by atoms with Gasteiger partial charge in [0, 0.05) is 12.6 Å². The molecule has 0 spiro atoms. The minimum atomic E-state index is -3.37. The molecule has 0 bridgehead atoms. The van der Waals surface area contributed by atoms with E-state index >= 15 is 0 Å². The van der Waals surface area contributed by atoms with Crippen molar-refractivity contribution in [3.05, 3.63) is 45.8 Å². The van der Waals surface area contributed by atoms with Gasteiger partial charge in [0.2, 0.25) is 0 Å². The summed E-state index contributed by atoms with van der Waals surface area (Å²) in [4.78, 5) is 37.4. The van der Waals surface area contributed by atoms with Crippen molar-refractivity contribution < 1.29 is 27.5 Å². The average Bonchev–Trinajstić information content (AvgIpc) is 3.03. The van der Waals surface area contributed by atoms with Crippen molar-refractivity contribution in [1.82, 2.24) is 5.32 Å². The fraction of sp³-hybridized carbons (Fsp3) is 0.316. The highest BCUT2D eigenvalue weighted by atomic mass is 32.2. The Balaban J connectivity index is 2.37. The number of anilines is 1. The summed E-state index contributed by atoms with van der Waals surface area (Å²) in [7, 11) is -1.93. The summed E-state index contributed by atoms with van der Waals surface area (Å²) in [5.41, 5.74) is 0.804. The summed E-state index contributed by atoms with van der Waals surface area (Å²) in [6.45, 7) is 5.00. The van der Waals surface area contributed by atoms with Gasteiger partial charge in [-0.1, -0.05) is 6.92 Å². The number of hydrogen-bond donors (Lipinski definition) is 2. The lowest BCUT2D eigenvalue weighted by Crippen LogP contribution is -2.21. The zero-order valence-electron chi connectivity index (χ0n) is 16.5. The zero-order chi connectivity index (χ0) is 21.8. The number of carbonyl (C=O) groups is 3. The molecule has 1 aromatic carbocycles. The first kappa shape index (κ1) is 22.6. The number of thiophene rings is 1. The normalized spacial score (nSPS) is 11.0. The van der Waals surface area contributed by atoms with E-state index in [1.807, 2.05) is 0 Å². The van der Waals surface area contributed by atoms with Crippen molar-refractivity contribution >= 4 is 44.0 Å². The summed E-state index contributed by atoms with van der Waals surface area (Å²) < 4.78 is 28.8. The van der Waals surface area contributed by atoms with Crippen molar-refractivity contribution in [2.75, 3.05) is 24.7 Å². The minimum Gasteiger partial charge on any atom is -0.462 e. The summed E-state index contributed by atoms with van der Waals surface area (Å²) in [6.07, 6.45) is 0. The van der Waals surface area contributed by atoms with Crippen LogP contribution in [0.15, 0.2) is 29.2 Å². The van der Waals surface area contributed by atoms with Gasteiger partial charge in [-0.25, -0.2) is 13.2 Å². The molecule has 0 aliphatic rings. The second-order valence-electron chi connectivity index (χ2n) is 5.94. The van der Waals surface area contributed by atoms with Gasteiger partial charge in [0.05, 0.1) is 22.8 Å². The molecule has 0 radical (unpaired) electrons. The smallest absolute Gasteiger partial charge is 0.348 e. The average molecular weight is 439 g/mol. The fourth-order valence-corrected chi connectivity index (χ4v) is 4.52. The number of sulfone groups is 1. The molecule has 2 amide bonds. The predicted molar refractivity (Wildman–Crippen MR) is 111 cm³/mol. The third-order valence-corrected chi connectivity index (χ3v) is 7.08. The minimum absolute atomic E-state index is 0.0425. The van der Waals surface area contributed by atoms with E-state index in [9.17, 15) is 22.8 Å². The number of ether oxygens (including phenoxy) is 1. The molecule has 0 aliphatic carbocycles. The van der Waals surface area contributed by atoms with E-state index in [0.29, 0.717) is 5.56 Å². The molecule has 156 valence electrons. The Morgan fingerprint density at radius 2 is 1.69 bits per heavy atom. The molecule has 0 saturated heterocycles. The van der Waals surface area contributed by atoms with Crippen molar-refractivity contribution in [3.63, 3.8) is 0 Å². The Kier molecular flexibility index (Phi) is 7.15. The standard InChI is InChI=1S/C19H22N2O6S2/c1-5-27-19(24)15-11(3)14(17(23)20-4)18(28-15)21-16(22)12-7-9-13(10-8-12)29(25,26)6-2/h7-10H,5-6H2,1-4H3,(H,20,23)(H,21,22). The van der Waals surface area contributed by atoms with Crippen LogP contribution in [0.2, 0.25) is 0 Å². The molecular formula is C19H22N2O6S2. The predicted octanol–water partition coefficient (Wildman–Crippen LogP) is 2.64. The van der Waals surface area contributed by atoms with Crippen LogP contribution in [-0.2, 0) is 14.6 Å². The maximum absolute atomic E-state index is 12.6. The quantitative estimate of drug-likeness (QED) is 0.642. The Morgan fingerprint density at radius 1 is 1.07 bits per heavy atom. The molecule has 8 nitrogen and oxygen atoms in total. The Hall–Kier alpha value is -2.72. The van der Waals surface area contributed by atoms with E-state index < -0.39 is 27.6 Å². The van der Waals surface area contributed by atoms with E-state index in [1.165, 1.54) is 38.2 Å². The van der Waals surface area contributed by atoms with Crippen LogP contribution < -0.4 is 10.6 Å². The lowest BCUT2D eigenvalue weighted by Gasteiger charge is -2.07. The van der Waals surface area contributed by atoms with Gasteiger partial charge in [-0.05, 0) is 43.7 Å². The topological polar surface area (TPSA) is 119 Å². The summed E-state index contributed by atoms with van der Waals surface area (Å²) in [5, 5.41) is 5.33. The van der Waals surface area contributed by atoms with Crippen LogP contribution in [-0.4, -0.2) is 45.6 Å². The van der Waals surface area contributed by atoms with Crippen LogP contribution in [0.3, 0.4) is 0 Å². The van der Waals surface area contributed by atoms with E-state index in [2.05, 4.69) is 10.6 Å². The van der Waals surface area contributed by atoms with E-state index in [1.54, 1.807) is 13.8 Å². The lowest BCUT2D eigenvalue weighted by atomic mass is 10.1. The molecule has 0 unspecified atom stereocenters. The number of carbonyl (C=O) groups excluding carboxylic acids is 3. The van der Waals surface area contributed by atoms with Gasteiger partial charge in [-0.3, -0.25) is 9.59 Å². The molecule has 0 saturated carbocycles. The Bertz CT molecular complexity index is 1040. The van der Waals surface area contributed by atoms with Gasteiger partial charge in [0.15, 0.2) is 9.84 Å². The number of rotatable bonds is 7. The summed E-state index contributed by atoms with van der Waals surface area (Å²) in [5.74, 6) is -1.60. The molecule has 1 aromatic heterocycles. The fourth-order valence-electron chi connectivity index (χ4n) is 2.55. The lowest BCUT2D eigenvalue weighted by molar-refractivity contribution is 0.0531. The van der Waals surface area contributed by atoms with E-state index in [0.717, 1.165) is 11.3 Å². The molecule has 0 atom stereocenters. The van der Waals surface area contributed by atoms with Crippen LogP contribution in [0.1, 0.15) is 49.8 Å². The van der Waals surface area contributed by atoms with Crippen molar-refractivity contribution in [2.24, 2.45) is 0 Å². The Labute approximate surface area is 173 Å². The van der Waals surface area contributed by atoms with Crippen LogP contribution in [0, 0.1) is 6.92 Å². The second-order valence-corrected chi connectivity index (χ2v) is 9.24. The Morgan fingerprint density at radius 3 is 2.21 bits per heavy atom. The summed E-state index contributed by atoms with van der Waals surface area (Å²) in [6, 6.07) is 5.50. The van der Waals surface area contributed by atoms with Crippen molar-refractivity contribution in [2.45, 2.75) is 25.7 Å². The first-order chi connectivity index (χ1) is 13.7. The SMILES string of the molecule is CCOC(=O)c1sc(NC(=O)c2ccc(S(=O)(=O)CC)cc2)c(C(=O)NC)c1C. The van der Waals surface area contributed by atoms with Crippen LogP contribution in [0.4, 0.5) is 5.00 Å². The highest BCUT2D eigenvalue weighted by Crippen LogP contribution is 2.34. The maximum Gasteiger partial charge on any atom is 0.348 e. The molecule has 2 rings (SSSR count). The number of amides is 2. The van der Waals surface area contributed by atoms with Crippen LogP contribution in [0.25, 0.3) is 0 Å². The van der Waals surface area contributed by atoms with Crippen LogP contribution in [0.5, 0.6) is 0 Å². The molecule has 2 aromatic rings. The second kappa shape index (κ2) is 9.19. The largest absolute Gasteiger partial charge is 0.462 e. The van der Waals surface area contributed by atoms with Crippen molar-refractivity contribution in [1.29, 1.82) is 0 Å². The number of benzene rings is 1. The van der Waals surface area contributed by atoms with Crippen molar-refractivity contribution in [3.8, 4) is 0 Å². The third-order valence-electron chi connectivity index (χ3n) is 4.14. The number of esters is 1. The van der Waals surface area contributed by atoms with Crippen LogP contribution >= 0.6 is 11.3 Å². The molecule has 29 heavy (non-hydrogen) atoms. The van der Waals surface area contributed by atoms with E-state index in [-0.39, 0.29) is 38.3 Å². The molecular weight excluding hydrogens is 416 g/mol. The highest BCUT2D eigenvalue weighted by Gasteiger charge is 2.26. The summed E-state index contributed by atoms with van der Waals surface area (Å²) >= 11 is 0.949. The molecule has 10 heteroatoms. The molecule has 2 N–H and O–H groups in total. The number of hydrogen-bond acceptors (Lipinski definition) is 7. The van der Waals surface area contributed by atoms with Gasteiger partial charge in [-0.15, -0.1) is 11.3 Å². The van der Waals surface area contributed by atoms with Gasteiger partial charge in [0.25, 0.3) is 11.8 Å². The zero-order valence-corrected chi connectivity index (χ0v) is 18.1. The highest BCUT2D eigenvalue weighted by molar-refractivity contribution is 7.91. The van der Waals surface area contributed by atoms with E-state index in [4.69, 9.17) is 4.74 Å². The third kappa shape index (κ3) is 4.83. The first-order valence-electron chi connectivity index (χ1n) is 8.83. The number of nitrogens with one attached hydrogen (secondary N) is 2. The first-order valence-corrected chi connectivity index (χ1v) is 11.3. The maximum atomic E-state index is 12.6.